The van der Waals surface area contributed by atoms with Crippen LogP contribution in [0.3, 0.4) is 0 Å². The summed E-state index contributed by atoms with van der Waals surface area (Å²) in [6.07, 6.45) is 14.1. The first-order valence-electron chi connectivity index (χ1n) is 21.9. The minimum Gasteiger partial charge on any atom is -0.463 e. The van der Waals surface area contributed by atoms with Gasteiger partial charge in [0, 0.05) is 80.5 Å². The van der Waals surface area contributed by atoms with Crippen LogP contribution in [-0.2, 0) is 0 Å². The number of ether oxygens (including phenoxy) is 6. The Balaban J connectivity index is 0.00000142. The van der Waals surface area contributed by atoms with Gasteiger partial charge in [-0.1, -0.05) is 38.0 Å². The summed E-state index contributed by atoms with van der Waals surface area (Å²) in [7, 11) is 0. The fraction of sp³-hybridized carbons (Fsp3) is 0.721. The van der Waals surface area contributed by atoms with Gasteiger partial charge in [-0.2, -0.15) is 143 Å². The summed E-state index contributed by atoms with van der Waals surface area (Å²) in [5, 5.41) is 0. The van der Waals surface area contributed by atoms with Crippen LogP contribution < -0.4 is 28.4 Å². The highest BCUT2D eigenvalue weighted by Gasteiger charge is 2.11. The molecule has 0 atom stereocenters. The molecule has 0 amide bonds. The molecule has 0 saturated carbocycles. The van der Waals surface area contributed by atoms with Crippen molar-refractivity contribution in [3.63, 3.8) is 0 Å². The minimum atomic E-state index is 0.114. The topological polar surface area (TPSA) is 133 Å². The molecule has 0 aromatic carbocycles. The monoisotopic (exact) mass is 1160 g/mol. The van der Waals surface area contributed by atoms with Gasteiger partial charge in [0.25, 0.3) is 0 Å². The molecule has 0 aliphatic rings. The SMILES string of the molecule is C=CCOc1nc(OCC=C)nc(OCC=C)n1.CSCCSCCSCCCOc1nc(OCCCSCCSCCSC)nc(OCCCSCCSCCSC)n1.SCCSCCS. The zero-order valence-electron chi connectivity index (χ0n) is 39.8. The lowest BCUT2D eigenvalue weighted by atomic mass is 10.5. The van der Waals surface area contributed by atoms with E-state index >= 15 is 0 Å². The van der Waals surface area contributed by atoms with Crippen molar-refractivity contribution in [2.24, 2.45) is 0 Å². The van der Waals surface area contributed by atoms with E-state index in [1.165, 1.54) is 69.0 Å². The van der Waals surface area contributed by atoms with Gasteiger partial charge in [-0.25, -0.2) is 0 Å². The largest absolute Gasteiger partial charge is 0.463 e. The first kappa shape index (κ1) is 67.2. The number of hydrogen-bond acceptors (Lipinski definition) is 24. The Morgan fingerprint density at radius 3 is 0.806 bits per heavy atom. The van der Waals surface area contributed by atoms with E-state index in [1.54, 1.807) is 18.2 Å². The molecule has 2 aromatic heterocycles. The van der Waals surface area contributed by atoms with Crippen molar-refractivity contribution in [1.29, 1.82) is 0 Å². The Kier molecular flexibility index (Phi) is 55.8. The highest BCUT2D eigenvalue weighted by Crippen LogP contribution is 2.18. The van der Waals surface area contributed by atoms with Crippen molar-refractivity contribution in [1.82, 2.24) is 29.9 Å². The van der Waals surface area contributed by atoms with Crippen molar-refractivity contribution >= 4 is 143 Å². The lowest BCUT2D eigenvalue weighted by Crippen LogP contribution is -2.10. The predicted octanol–water partition coefficient (Wildman–Crippen LogP) is 10.8. The number of rotatable bonds is 46. The fourth-order valence-electron chi connectivity index (χ4n) is 4.03. The van der Waals surface area contributed by atoms with Crippen molar-refractivity contribution in [2.45, 2.75) is 19.3 Å². The van der Waals surface area contributed by atoms with Crippen LogP contribution in [0.2, 0.25) is 0 Å². The lowest BCUT2D eigenvalue weighted by Gasteiger charge is -2.10. The van der Waals surface area contributed by atoms with Crippen LogP contribution in [0.5, 0.6) is 36.1 Å². The molecule has 0 aliphatic carbocycles. The summed E-state index contributed by atoms with van der Waals surface area (Å²) in [5.74, 6) is 22.1. The second kappa shape index (κ2) is 55.6. The molecule has 386 valence electrons. The maximum absolute atomic E-state index is 5.89. The van der Waals surface area contributed by atoms with E-state index in [0.29, 0.717) is 37.9 Å². The number of hydrogen-bond donors (Lipinski definition) is 2. The van der Waals surface area contributed by atoms with E-state index in [4.69, 9.17) is 28.4 Å². The Morgan fingerprint density at radius 1 is 0.343 bits per heavy atom. The summed E-state index contributed by atoms with van der Waals surface area (Å²) < 4.78 is 33.3. The first-order valence-corrected chi connectivity index (χ1v) is 35.4. The average molecular weight is 1160 g/mol. The molecule has 2 aromatic rings. The molecule has 0 aliphatic heterocycles. The molecule has 0 fully saturated rings. The molecule has 0 radical (unpaired) electrons. The molecule has 2 heterocycles. The lowest BCUT2D eigenvalue weighted by molar-refractivity contribution is 0.236. The smallest absolute Gasteiger partial charge is 0.326 e. The molecule has 0 bridgehead atoms. The van der Waals surface area contributed by atoms with Gasteiger partial charge in [0.2, 0.25) is 0 Å². The van der Waals surface area contributed by atoms with Crippen molar-refractivity contribution in [3.8, 4) is 36.1 Å². The molecule has 0 unspecified atom stereocenters. The van der Waals surface area contributed by atoms with Crippen LogP contribution in [0.4, 0.5) is 0 Å². The average Bonchev–Trinajstić information content (AvgIpc) is 3.34. The van der Waals surface area contributed by atoms with Crippen LogP contribution in [0.1, 0.15) is 19.3 Å². The molecule has 12 nitrogen and oxygen atoms in total. The molecular formula is C43H76N6O6S12. The van der Waals surface area contributed by atoms with Crippen molar-refractivity contribution < 1.29 is 28.4 Å². The maximum atomic E-state index is 5.89. The third-order valence-electron chi connectivity index (χ3n) is 7.01. The molecule has 67 heavy (non-hydrogen) atoms. The molecule has 0 saturated heterocycles. The third-order valence-corrected chi connectivity index (χ3v) is 18.6. The molecule has 24 heteroatoms. The third kappa shape index (κ3) is 47.0. The standard InChI is InChI=1S/C27H51N3O3S9.C12H15N3O3.C4H10S3/c1-34-13-16-40-22-19-37-10-4-7-31-25-28-26(32-8-5-11-38-20-23-41-17-14-35-2)30-27(29-25)33-9-6-12-39-21-24-42-18-15-36-3;1-4-7-16-10-13-11(17-8-5-2)15-12(14-10)18-9-6-3;5-1-3-7-4-2-6/h4-24H2,1-3H3;4-6H,1-3,7-9H2;5-6H,1-4H2. The highest BCUT2D eigenvalue weighted by atomic mass is 32.2. The van der Waals surface area contributed by atoms with Crippen LogP contribution in [0.25, 0.3) is 0 Å². The van der Waals surface area contributed by atoms with Crippen LogP contribution >= 0.6 is 143 Å². The minimum absolute atomic E-state index is 0.114. The molecule has 2 rings (SSSR count). The van der Waals surface area contributed by atoms with Crippen LogP contribution in [0, 0.1) is 0 Å². The first-order chi connectivity index (χ1) is 33.0. The molecular weight excluding hydrogens is 1080 g/mol. The Labute approximate surface area is 457 Å². The van der Waals surface area contributed by atoms with Crippen LogP contribution in [0.15, 0.2) is 38.0 Å². The van der Waals surface area contributed by atoms with Gasteiger partial charge in [0.1, 0.15) is 19.8 Å². The molecule has 0 N–H and O–H groups in total. The summed E-state index contributed by atoms with van der Waals surface area (Å²) in [6, 6.07) is 1.22. The van der Waals surface area contributed by atoms with Crippen molar-refractivity contribution in [3.05, 3.63) is 38.0 Å². The van der Waals surface area contributed by atoms with Gasteiger partial charge < -0.3 is 28.4 Å². The summed E-state index contributed by atoms with van der Waals surface area (Å²) in [6.45, 7) is 13.2. The van der Waals surface area contributed by atoms with E-state index in [9.17, 15) is 0 Å². The van der Waals surface area contributed by atoms with E-state index in [2.05, 4.69) is 93.7 Å². The predicted molar refractivity (Wildman–Crippen MR) is 321 cm³/mol. The number of aromatic nitrogens is 6. The van der Waals surface area contributed by atoms with Gasteiger partial charge in [0.15, 0.2) is 0 Å². The van der Waals surface area contributed by atoms with Gasteiger partial charge in [-0.3, -0.25) is 0 Å². The van der Waals surface area contributed by atoms with Gasteiger partial charge in [-0.15, -0.1) is 29.9 Å². The zero-order chi connectivity index (χ0) is 48.9. The quantitative estimate of drug-likeness (QED) is 0.0370. The summed E-state index contributed by atoms with van der Waals surface area (Å²) in [4.78, 5) is 25.1. The number of thiol groups is 2. The normalized spacial score (nSPS) is 10.5. The molecule has 0 spiro atoms. The highest BCUT2D eigenvalue weighted by molar-refractivity contribution is 8.05. The van der Waals surface area contributed by atoms with Gasteiger partial charge in [-0.05, 0) is 66.8 Å². The van der Waals surface area contributed by atoms with Crippen LogP contribution in [-0.4, -0.2) is 198 Å². The Morgan fingerprint density at radius 2 is 0.567 bits per heavy atom. The maximum Gasteiger partial charge on any atom is 0.326 e. The Hall–Kier alpha value is 0.240. The van der Waals surface area contributed by atoms with Crippen molar-refractivity contribution in [2.75, 3.05) is 168 Å². The van der Waals surface area contributed by atoms with E-state index in [0.717, 1.165) is 59.5 Å². The van der Waals surface area contributed by atoms with Gasteiger partial charge >= 0.3 is 36.1 Å². The van der Waals surface area contributed by atoms with E-state index < -0.39 is 0 Å². The Bertz CT molecular complexity index is 1250. The fourth-order valence-corrected chi connectivity index (χ4v) is 13.7. The zero-order valence-corrected chi connectivity index (χ0v) is 49.7. The number of thioether (sulfide) groups is 10. The van der Waals surface area contributed by atoms with E-state index in [1.807, 2.05) is 118 Å². The van der Waals surface area contributed by atoms with Gasteiger partial charge in [0.05, 0.1) is 19.8 Å². The summed E-state index contributed by atoms with van der Waals surface area (Å²) >= 11 is 27.8. The summed E-state index contributed by atoms with van der Waals surface area (Å²) in [5.41, 5.74) is 0. The van der Waals surface area contributed by atoms with E-state index in [-0.39, 0.29) is 37.9 Å². The second-order valence-electron chi connectivity index (χ2n) is 12.5. The second-order valence-corrected chi connectivity index (χ2v) is 24.9. The number of nitrogens with zero attached hydrogens (tertiary/aromatic N) is 6.